The van der Waals surface area contributed by atoms with Crippen molar-refractivity contribution in [3.05, 3.63) is 221 Å². The van der Waals surface area contributed by atoms with Crippen LogP contribution in [0.25, 0.3) is 55.2 Å². The van der Waals surface area contributed by atoms with Gasteiger partial charge in [0.25, 0.3) is 0 Å². The van der Waals surface area contributed by atoms with E-state index in [-0.39, 0.29) is 0 Å². The monoisotopic (exact) mass is 675 g/mol. The maximum Gasteiger partial charge on any atom is 0.164 e. The highest BCUT2D eigenvalue weighted by atomic mass is 15.1. The second kappa shape index (κ2) is 11.1. The number of nitrogens with zero attached hydrogens (tertiary/aromatic N) is 3. The molecule has 0 atom stereocenters. The summed E-state index contributed by atoms with van der Waals surface area (Å²) < 4.78 is 0. The summed E-state index contributed by atoms with van der Waals surface area (Å²) in [5.41, 5.74) is 10.3. The van der Waals surface area contributed by atoms with Crippen LogP contribution in [0, 0.1) is 0 Å². The minimum Gasteiger partial charge on any atom is -0.215 e. The van der Waals surface area contributed by atoms with E-state index in [2.05, 4.69) is 189 Å². The molecule has 0 amide bonds. The molecule has 0 N–H and O–H groups in total. The van der Waals surface area contributed by atoms with Crippen LogP contribution in [0.3, 0.4) is 0 Å². The molecular formula is C50H33N3. The van der Waals surface area contributed by atoms with Gasteiger partial charge in [0, 0.05) is 5.56 Å². The molecule has 2 aliphatic rings. The Balaban J connectivity index is 1.31. The Morgan fingerprint density at radius 1 is 0.358 bits per heavy atom. The van der Waals surface area contributed by atoms with E-state index in [0.29, 0.717) is 5.82 Å². The second-order valence-corrected chi connectivity index (χ2v) is 14.4. The van der Waals surface area contributed by atoms with E-state index in [1.807, 2.05) is 0 Å². The predicted octanol–water partition coefficient (Wildman–Crippen LogP) is 11.5. The van der Waals surface area contributed by atoms with Crippen molar-refractivity contribution in [2.75, 3.05) is 0 Å². The van der Waals surface area contributed by atoms with Crippen LogP contribution in [-0.4, -0.2) is 15.0 Å². The first kappa shape index (κ1) is 30.0. The standard InChI is InChI=1S/C50H33N3/c1-49(42-27-13-9-23-37(42)38-24-10-14-28-43(38)49)47-51-46(41-31-32-17-5-6-20-34(32)35-21-7-8-22-36(35)41)52-48(53-47)50(33-18-3-2-4-19-33)44-29-15-11-25-39(44)40-26-12-16-30-45(40)50/h2-31H,1H3. The molecule has 2 aliphatic carbocycles. The summed E-state index contributed by atoms with van der Waals surface area (Å²) in [7, 11) is 0. The average molecular weight is 676 g/mol. The van der Waals surface area contributed by atoms with Gasteiger partial charge >= 0.3 is 0 Å². The summed E-state index contributed by atoms with van der Waals surface area (Å²) in [4.78, 5) is 17.0. The summed E-state index contributed by atoms with van der Waals surface area (Å²) in [6, 6.07) is 65.4. The summed E-state index contributed by atoms with van der Waals surface area (Å²) in [6.45, 7) is 2.30. The summed E-state index contributed by atoms with van der Waals surface area (Å²) in [5.74, 6) is 2.14. The second-order valence-electron chi connectivity index (χ2n) is 14.4. The number of hydrogen-bond donors (Lipinski definition) is 0. The Hall–Kier alpha value is -6.71. The van der Waals surface area contributed by atoms with Crippen molar-refractivity contribution in [3.63, 3.8) is 0 Å². The Kier molecular flexibility index (Phi) is 6.30. The number of benzene rings is 8. The minimum atomic E-state index is -0.790. The first-order valence-corrected chi connectivity index (χ1v) is 18.3. The van der Waals surface area contributed by atoms with E-state index < -0.39 is 10.8 Å². The fraction of sp³-hybridized carbons (Fsp3) is 0.0600. The summed E-state index contributed by atoms with van der Waals surface area (Å²) >= 11 is 0. The molecule has 0 bridgehead atoms. The van der Waals surface area contributed by atoms with Gasteiger partial charge < -0.3 is 0 Å². The molecule has 0 aliphatic heterocycles. The fourth-order valence-electron chi connectivity index (χ4n) is 9.43. The largest absolute Gasteiger partial charge is 0.215 e. The van der Waals surface area contributed by atoms with Crippen molar-refractivity contribution >= 4 is 21.5 Å². The van der Waals surface area contributed by atoms with E-state index in [0.717, 1.165) is 33.5 Å². The van der Waals surface area contributed by atoms with Crippen molar-refractivity contribution < 1.29 is 0 Å². The van der Waals surface area contributed by atoms with Crippen LogP contribution in [0.15, 0.2) is 182 Å². The van der Waals surface area contributed by atoms with Crippen molar-refractivity contribution in [2.45, 2.75) is 17.8 Å². The molecule has 9 aromatic rings. The first-order valence-electron chi connectivity index (χ1n) is 18.3. The lowest BCUT2D eigenvalue weighted by molar-refractivity contribution is 0.607. The van der Waals surface area contributed by atoms with Crippen LogP contribution in [0.5, 0.6) is 0 Å². The molecule has 0 fully saturated rings. The van der Waals surface area contributed by atoms with Crippen LogP contribution in [0.4, 0.5) is 0 Å². The molecule has 0 unspecified atom stereocenters. The normalized spacial score (nSPS) is 14.4. The van der Waals surface area contributed by atoms with Crippen LogP contribution >= 0.6 is 0 Å². The topological polar surface area (TPSA) is 38.7 Å². The zero-order valence-corrected chi connectivity index (χ0v) is 29.2. The summed E-state index contributed by atoms with van der Waals surface area (Å²) in [5, 5.41) is 4.67. The van der Waals surface area contributed by atoms with Gasteiger partial charge in [0.15, 0.2) is 11.6 Å². The third-order valence-electron chi connectivity index (χ3n) is 11.8. The van der Waals surface area contributed by atoms with E-state index in [1.165, 1.54) is 55.3 Å². The number of rotatable bonds is 4. The Bertz CT molecular complexity index is 2840. The fourth-order valence-corrected chi connectivity index (χ4v) is 9.43. The highest BCUT2D eigenvalue weighted by molar-refractivity contribution is 6.13. The molecule has 8 aromatic carbocycles. The SMILES string of the molecule is CC1(c2nc(-c3cc4ccccc4c4ccccc34)nc(C3(c4ccccc4)c4ccccc4-c4ccccc43)n2)c2ccccc2-c2ccccc21. The Labute approximate surface area is 308 Å². The molecule has 0 radical (unpaired) electrons. The lowest BCUT2D eigenvalue weighted by atomic mass is 9.71. The highest BCUT2D eigenvalue weighted by Crippen LogP contribution is 2.57. The van der Waals surface area contributed by atoms with Crippen molar-refractivity contribution in [1.82, 2.24) is 15.0 Å². The van der Waals surface area contributed by atoms with E-state index >= 15 is 0 Å². The molecule has 3 heteroatoms. The van der Waals surface area contributed by atoms with Gasteiger partial charge in [-0.15, -0.1) is 0 Å². The van der Waals surface area contributed by atoms with Gasteiger partial charge in [-0.3, -0.25) is 0 Å². The lowest BCUT2D eigenvalue weighted by Crippen LogP contribution is -2.34. The van der Waals surface area contributed by atoms with Crippen LogP contribution in [-0.2, 0) is 10.8 Å². The van der Waals surface area contributed by atoms with Crippen molar-refractivity contribution in [3.8, 4) is 33.6 Å². The first-order chi connectivity index (χ1) is 26.2. The predicted molar refractivity (Wildman–Crippen MR) is 215 cm³/mol. The van der Waals surface area contributed by atoms with Gasteiger partial charge in [-0.25, -0.2) is 15.0 Å². The van der Waals surface area contributed by atoms with Crippen LogP contribution in [0.1, 0.15) is 46.4 Å². The van der Waals surface area contributed by atoms with Gasteiger partial charge in [0.1, 0.15) is 11.2 Å². The third kappa shape index (κ3) is 4.02. The van der Waals surface area contributed by atoms with Crippen molar-refractivity contribution in [2.24, 2.45) is 0 Å². The Morgan fingerprint density at radius 2 is 0.811 bits per heavy atom. The molecule has 0 spiro atoms. The lowest BCUT2D eigenvalue weighted by Gasteiger charge is -2.33. The van der Waals surface area contributed by atoms with Gasteiger partial charge in [0.05, 0.1) is 5.41 Å². The zero-order chi connectivity index (χ0) is 35.1. The molecule has 0 saturated carbocycles. The number of aromatic nitrogens is 3. The minimum absolute atomic E-state index is 0.637. The number of fused-ring (bicyclic) bond motifs is 9. The van der Waals surface area contributed by atoms with E-state index in [1.54, 1.807) is 0 Å². The highest BCUT2D eigenvalue weighted by Gasteiger charge is 2.50. The average Bonchev–Trinajstić information content (AvgIpc) is 3.69. The maximum absolute atomic E-state index is 5.76. The molecule has 1 aromatic heterocycles. The molecule has 0 saturated heterocycles. The van der Waals surface area contributed by atoms with Gasteiger partial charge in [-0.2, -0.15) is 0 Å². The van der Waals surface area contributed by atoms with Gasteiger partial charge in [-0.05, 0) is 84.6 Å². The smallest absolute Gasteiger partial charge is 0.164 e. The molecule has 248 valence electrons. The molecule has 11 rings (SSSR count). The molecule has 53 heavy (non-hydrogen) atoms. The molecule has 3 nitrogen and oxygen atoms in total. The van der Waals surface area contributed by atoms with Crippen LogP contribution in [0.2, 0.25) is 0 Å². The maximum atomic E-state index is 5.76. The third-order valence-corrected chi connectivity index (χ3v) is 11.8. The van der Waals surface area contributed by atoms with E-state index in [9.17, 15) is 0 Å². The summed E-state index contributed by atoms with van der Waals surface area (Å²) in [6.07, 6.45) is 0. The van der Waals surface area contributed by atoms with Gasteiger partial charge in [0.2, 0.25) is 0 Å². The number of hydrogen-bond acceptors (Lipinski definition) is 3. The quantitative estimate of drug-likeness (QED) is 0.174. The van der Waals surface area contributed by atoms with Crippen LogP contribution < -0.4 is 0 Å². The van der Waals surface area contributed by atoms with Gasteiger partial charge in [-0.1, -0.05) is 176 Å². The van der Waals surface area contributed by atoms with Crippen molar-refractivity contribution in [1.29, 1.82) is 0 Å². The Morgan fingerprint density at radius 3 is 1.43 bits per heavy atom. The molecule has 1 heterocycles. The molecular weight excluding hydrogens is 643 g/mol. The van der Waals surface area contributed by atoms with E-state index in [4.69, 9.17) is 15.0 Å². The zero-order valence-electron chi connectivity index (χ0n) is 29.2.